The normalized spacial score (nSPS) is 9.00. The molecular weight excluding hydrogens is 231 g/mol. The minimum absolute atomic E-state index is 0.294. The molecule has 2 rings (SSSR count). The van der Waals surface area contributed by atoms with E-state index < -0.39 is 0 Å². The monoisotopic (exact) mass is 240 g/mol. The zero-order valence-electron chi connectivity index (χ0n) is 7.90. The second-order valence-corrected chi connectivity index (χ2v) is 3.73. The summed E-state index contributed by atoms with van der Waals surface area (Å²) in [6.07, 6.45) is 0. The maximum absolute atomic E-state index is 12.1. The van der Waals surface area contributed by atoms with Crippen molar-refractivity contribution in [2.75, 3.05) is 0 Å². The Hall–Kier alpha value is -0.990. The van der Waals surface area contributed by atoms with Gasteiger partial charge in [0.1, 0.15) is 5.82 Å². The summed E-state index contributed by atoms with van der Waals surface area (Å²) in [6.45, 7) is 0. The van der Waals surface area contributed by atoms with Crippen molar-refractivity contribution in [3.63, 3.8) is 0 Å². The van der Waals surface area contributed by atoms with Gasteiger partial charge in [0.25, 0.3) is 0 Å². The lowest BCUT2D eigenvalue weighted by Crippen LogP contribution is -1.68. The fraction of sp³-hybridized carbons (Fsp3) is 0. The fourth-order valence-corrected chi connectivity index (χ4v) is 1.24. The molecule has 2 aromatic carbocycles. The van der Waals surface area contributed by atoms with Gasteiger partial charge in [-0.1, -0.05) is 35.9 Å². The highest BCUT2D eigenvalue weighted by molar-refractivity contribution is 7.80. The topological polar surface area (TPSA) is 0 Å². The highest BCUT2D eigenvalue weighted by atomic mass is 35.5. The number of rotatable bonds is 0. The molecule has 0 fully saturated rings. The van der Waals surface area contributed by atoms with Crippen molar-refractivity contribution in [2.45, 2.75) is 4.90 Å². The Morgan fingerprint density at radius 2 is 1.60 bits per heavy atom. The van der Waals surface area contributed by atoms with Crippen molar-refractivity contribution < 1.29 is 4.39 Å². The quantitative estimate of drug-likeness (QED) is 0.646. The van der Waals surface area contributed by atoms with Crippen molar-refractivity contribution >= 4 is 24.2 Å². The molecule has 0 aliphatic carbocycles. The minimum atomic E-state index is -0.294. The van der Waals surface area contributed by atoms with Gasteiger partial charge in [-0.25, -0.2) is 4.39 Å². The molecule has 0 bridgehead atoms. The SMILES string of the molecule is Fc1cccc(Cl)c1.Sc1ccccc1. The third-order valence-corrected chi connectivity index (χ3v) is 2.08. The van der Waals surface area contributed by atoms with Crippen LogP contribution in [0.15, 0.2) is 59.5 Å². The predicted molar refractivity (Wildman–Crippen MR) is 65.1 cm³/mol. The van der Waals surface area contributed by atoms with Gasteiger partial charge in [-0.2, -0.15) is 0 Å². The molecule has 0 unspecified atom stereocenters. The maximum Gasteiger partial charge on any atom is 0.124 e. The molecule has 2 aromatic rings. The molecular formula is C12H10ClFS. The zero-order chi connectivity index (χ0) is 11.1. The van der Waals surface area contributed by atoms with E-state index in [9.17, 15) is 4.39 Å². The van der Waals surface area contributed by atoms with Crippen LogP contribution in [-0.2, 0) is 0 Å². The largest absolute Gasteiger partial charge is 0.207 e. The van der Waals surface area contributed by atoms with Gasteiger partial charge in [-0.05, 0) is 30.3 Å². The molecule has 0 heterocycles. The summed E-state index contributed by atoms with van der Waals surface area (Å²) in [5, 5.41) is 0.435. The van der Waals surface area contributed by atoms with Gasteiger partial charge >= 0.3 is 0 Å². The van der Waals surface area contributed by atoms with E-state index in [1.165, 1.54) is 12.1 Å². The Morgan fingerprint density at radius 3 is 1.93 bits per heavy atom. The van der Waals surface area contributed by atoms with Crippen LogP contribution in [0.2, 0.25) is 5.02 Å². The van der Waals surface area contributed by atoms with Gasteiger partial charge in [0.05, 0.1) is 0 Å². The van der Waals surface area contributed by atoms with Crippen LogP contribution in [0, 0.1) is 5.82 Å². The van der Waals surface area contributed by atoms with Crippen LogP contribution in [0.25, 0.3) is 0 Å². The second-order valence-electron chi connectivity index (χ2n) is 2.78. The van der Waals surface area contributed by atoms with Gasteiger partial charge in [-0.3, -0.25) is 0 Å². The Bertz CT molecular complexity index is 386. The first-order valence-electron chi connectivity index (χ1n) is 4.33. The molecule has 0 atom stereocenters. The van der Waals surface area contributed by atoms with E-state index in [0.717, 1.165) is 4.90 Å². The van der Waals surface area contributed by atoms with Crippen LogP contribution in [0.5, 0.6) is 0 Å². The smallest absolute Gasteiger partial charge is 0.124 e. The van der Waals surface area contributed by atoms with Crippen molar-refractivity contribution in [3.8, 4) is 0 Å². The number of benzene rings is 2. The van der Waals surface area contributed by atoms with E-state index >= 15 is 0 Å². The highest BCUT2D eigenvalue weighted by Crippen LogP contribution is 2.07. The number of thiol groups is 1. The third kappa shape index (κ3) is 5.45. The van der Waals surface area contributed by atoms with Crippen LogP contribution in [0.3, 0.4) is 0 Å². The van der Waals surface area contributed by atoms with Gasteiger partial charge in [0.2, 0.25) is 0 Å². The Kier molecular flexibility index (Phi) is 5.22. The Morgan fingerprint density at radius 1 is 0.933 bits per heavy atom. The minimum Gasteiger partial charge on any atom is -0.207 e. The first-order chi connectivity index (χ1) is 7.18. The summed E-state index contributed by atoms with van der Waals surface area (Å²) in [5.74, 6) is -0.294. The van der Waals surface area contributed by atoms with E-state index in [2.05, 4.69) is 12.6 Å². The molecule has 78 valence electrons. The van der Waals surface area contributed by atoms with Crippen LogP contribution >= 0.6 is 24.2 Å². The molecule has 0 aromatic heterocycles. The number of hydrogen-bond donors (Lipinski definition) is 1. The molecule has 15 heavy (non-hydrogen) atoms. The molecule has 0 aliphatic rings. The van der Waals surface area contributed by atoms with Gasteiger partial charge in [0.15, 0.2) is 0 Å². The summed E-state index contributed by atoms with van der Waals surface area (Å²) < 4.78 is 12.1. The van der Waals surface area contributed by atoms with Crippen molar-refractivity contribution in [1.82, 2.24) is 0 Å². The van der Waals surface area contributed by atoms with Crippen LogP contribution in [0.4, 0.5) is 4.39 Å². The number of hydrogen-bond acceptors (Lipinski definition) is 1. The van der Waals surface area contributed by atoms with Crippen molar-refractivity contribution in [3.05, 3.63) is 65.4 Å². The van der Waals surface area contributed by atoms with Gasteiger partial charge < -0.3 is 0 Å². The second kappa shape index (κ2) is 6.49. The Labute approximate surface area is 99.1 Å². The van der Waals surface area contributed by atoms with Gasteiger partial charge in [0, 0.05) is 9.92 Å². The maximum atomic E-state index is 12.1. The molecule has 0 aliphatic heterocycles. The predicted octanol–water partition coefficient (Wildman–Crippen LogP) is 4.45. The molecule has 0 saturated heterocycles. The van der Waals surface area contributed by atoms with Crippen LogP contribution in [-0.4, -0.2) is 0 Å². The molecule has 0 nitrogen and oxygen atoms in total. The molecule has 0 N–H and O–H groups in total. The lowest BCUT2D eigenvalue weighted by Gasteiger charge is -1.85. The molecule has 0 spiro atoms. The molecule has 0 amide bonds. The van der Waals surface area contributed by atoms with E-state index in [4.69, 9.17) is 11.6 Å². The summed E-state index contributed by atoms with van der Waals surface area (Å²) in [5.41, 5.74) is 0. The lowest BCUT2D eigenvalue weighted by molar-refractivity contribution is 0.628. The summed E-state index contributed by atoms with van der Waals surface area (Å²) in [6, 6.07) is 15.6. The number of halogens is 2. The first kappa shape index (κ1) is 12.1. The molecule has 3 heteroatoms. The average Bonchev–Trinajstić information content (AvgIpc) is 2.19. The van der Waals surface area contributed by atoms with Crippen molar-refractivity contribution in [1.29, 1.82) is 0 Å². The summed E-state index contributed by atoms with van der Waals surface area (Å²) in [4.78, 5) is 1.02. The zero-order valence-corrected chi connectivity index (χ0v) is 9.55. The third-order valence-electron chi connectivity index (χ3n) is 1.54. The average molecular weight is 241 g/mol. The first-order valence-corrected chi connectivity index (χ1v) is 5.16. The van der Waals surface area contributed by atoms with Crippen molar-refractivity contribution in [2.24, 2.45) is 0 Å². The Balaban J connectivity index is 0.000000151. The van der Waals surface area contributed by atoms with Crippen LogP contribution < -0.4 is 0 Å². The fourth-order valence-electron chi connectivity index (χ4n) is 0.888. The lowest BCUT2D eigenvalue weighted by atomic mass is 10.4. The van der Waals surface area contributed by atoms with Crippen LogP contribution in [0.1, 0.15) is 0 Å². The summed E-state index contributed by atoms with van der Waals surface area (Å²) >= 11 is 9.49. The molecule has 0 saturated carbocycles. The standard InChI is InChI=1S/C6H4ClF.C6H6S/c7-5-2-1-3-6(8)4-5;7-6-4-2-1-3-5-6/h1-4H;1-5,7H. The van der Waals surface area contributed by atoms with E-state index in [1.807, 2.05) is 30.3 Å². The summed E-state index contributed by atoms with van der Waals surface area (Å²) in [7, 11) is 0. The van der Waals surface area contributed by atoms with E-state index in [1.54, 1.807) is 12.1 Å². The van der Waals surface area contributed by atoms with E-state index in [0.29, 0.717) is 5.02 Å². The van der Waals surface area contributed by atoms with Gasteiger partial charge in [-0.15, -0.1) is 12.6 Å². The molecule has 0 radical (unpaired) electrons. The van der Waals surface area contributed by atoms with E-state index in [-0.39, 0.29) is 5.82 Å². The highest BCUT2D eigenvalue weighted by Gasteiger charge is 1.86.